The third kappa shape index (κ3) is 3.67. The van der Waals surface area contributed by atoms with Gasteiger partial charge in [-0.1, -0.05) is 12.1 Å². The third-order valence-corrected chi connectivity index (χ3v) is 4.79. The first-order valence-electron chi connectivity index (χ1n) is 9.01. The SMILES string of the molecule is COC(=O)N1CCC(Nc2nc(-c3cccnc3)nc3ccccc23)CC1. The van der Waals surface area contributed by atoms with Gasteiger partial charge in [0.25, 0.3) is 0 Å². The smallest absolute Gasteiger partial charge is 0.409 e. The number of hydrogen-bond acceptors (Lipinski definition) is 6. The maximum Gasteiger partial charge on any atom is 0.409 e. The highest BCUT2D eigenvalue weighted by atomic mass is 16.5. The summed E-state index contributed by atoms with van der Waals surface area (Å²) < 4.78 is 4.81. The second kappa shape index (κ2) is 7.57. The Morgan fingerprint density at radius 2 is 1.96 bits per heavy atom. The average molecular weight is 363 g/mol. The molecule has 138 valence electrons. The molecule has 0 bridgehead atoms. The lowest BCUT2D eigenvalue weighted by atomic mass is 10.1. The second-order valence-electron chi connectivity index (χ2n) is 6.53. The van der Waals surface area contributed by atoms with Crippen LogP contribution in [0.5, 0.6) is 0 Å². The minimum atomic E-state index is -0.264. The molecule has 0 spiro atoms. The summed E-state index contributed by atoms with van der Waals surface area (Å²) in [5.74, 6) is 1.47. The van der Waals surface area contributed by atoms with Crippen LogP contribution < -0.4 is 5.32 Å². The zero-order valence-corrected chi connectivity index (χ0v) is 15.1. The van der Waals surface area contributed by atoms with Crippen LogP contribution in [0.15, 0.2) is 48.8 Å². The van der Waals surface area contributed by atoms with Crippen LogP contribution in [0.2, 0.25) is 0 Å². The van der Waals surface area contributed by atoms with Gasteiger partial charge in [-0.15, -0.1) is 0 Å². The lowest BCUT2D eigenvalue weighted by Crippen LogP contribution is -2.42. The molecule has 0 atom stereocenters. The minimum absolute atomic E-state index is 0.242. The number of nitrogens with one attached hydrogen (secondary N) is 1. The minimum Gasteiger partial charge on any atom is -0.453 e. The Kier molecular flexibility index (Phi) is 4.82. The predicted molar refractivity (Wildman–Crippen MR) is 103 cm³/mol. The number of amides is 1. The summed E-state index contributed by atoms with van der Waals surface area (Å²) in [6.07, 6.45) is 4.92. The molecule has 1 fully saturated rings. The van der Waals surface area contributed by atoms with E-state index in [0.717, 1.165) is 35.1 Å². The van der Waals surface area contributed by atoms with Crippen molar-refractivity contribution in [3.05, 3.63) is 48.8 Å². The van der Waals surface area contributed by atoms with Crippen LogP contribution in [0.1, 0.15) is 12.8 Å². The highest BCUT2D eigenvalue weighted by Crippen LogP contribution is 2.26. The van der Waals surface area contributed by atoms with E-state index in [0.29, 0.717) is 18.9 Å². The van der Waals surface area contributed by atoms with Gasteiger partial charge < -0.3 is 15.0 Å². The van der Waals surface area contributed by atoms with Crippen molar-refractivity contribution in [2.75, 3.05) is 25.5 Å². The molecule has 1 amide bonds. The van der Waals surface area contributed by atoms with Gasteiger partial charge in [0.15, 0.2) is 5.82 Å². The van der Waals surface area contributed by atoms with Gasteiger partial charge >= 0.3 is 6.09 Å². The van der Waals surface area contributed by atoms with E-state index >= 15 is 0 Å². The van der Waals surface area contributed by atoms with Gasteiger partial charge in [0.2, 0.25) is 0 Å². The molecule has 0 radical (unpaired) electrons. The van der Waals surface area contributed by atoms with E-state index in [4.69, 9.17) is 9.72 Å². The number of methoxy groups -OCH3 is 1. The number of hydrogen-bond donors (Lipinski definition) is 1. The number of carbonyl (C=O) groups excluding carboxylic acids is 1. The number of fused-ring (bicyclic) bond motifs is 1. The Bertz CT molecular complexity index is 940. The highest BCUT2D eigenvalue weighted by Gasteiger charge is 2.24. The van der Waals surface area contributed by atoms with E-state index in [9.17, 15) is 4.79 Å². The first-order valence-corrected chi connectivity index (χ1v) is 9.01. The molecule has 0 unspecified atom stereocenters. The molecule has 1 N–H and O–H groups in total. The van der Waals surface area contributed by atoms with Crippen LogP contribution >= 0.6 is 0 Å². The van der Waals surface area contributed by atoms with Crippen LogP contribution in [0.4, 0.5) is 10.6 Å². The van der Waals surface area contributed by atoms with Gasteiger partial charge in [-0.3, -0.25) is 4.98 Å². The van der Waals surface area contributed by atoms with E-state index in [1.165, 1.54) is 7.11 Å². The topological polar surface area (TPSA) is 80.2 Å². The fourth-order valence-electron chi connectivity index (χ4n) is 3.34. The number of pyridine rings is 1. The van der Waals surface area contributed by atoms with Crippen LogP contribution in [-0.2, 0) is 4.74 Å². The molecule has 4 rings (SSSR count). The summed E-state index contributed by atoms with van der Waals surface area (Å²) in [4.78, 5) is 27.0. The second-order valence-corrected chi connectivity index (χ2v) is 6.53. The Hall–Kier alpha value is -3.22. The molecule has 1 saturated heterocycles. The number of rotatable bonds is 3. The van der Waals surface area contributed by atoms with Gasteiger partial charge in [0.1, 0.15) is 5.82 Å². The van der Waals surface area contributed by atoms with Crippen LogP contribution in [-0.4, -0.2) is 52.2 Å². The summed E-state index contributed by atoms with van der Waals surface area (Å²) in [6.45, 7) is 1.34. The summed E-state index contributed by atoms with van der Waals surface area (Å²) >= 11 is 0. The van der Waals surface area contributed by atoms with Crippen LogP contribution in [0, 0.1) is 0 Å². The molecular formula is C20H21N5O2. The van der Waals surface area contributed by atoms with Crippen molar-refractivity contribution in [2.45, 2.75) is 18.9 Å². The number of likely N-dealkylation sites (tertiary alicyclic amines) is 1. The molecule has 7 nitrogen and oxygen atoms in total. The van der Waals surface area contributed by atoms with E-state index in [1.54, 1.807) is 17.3 Å². The predicted octanol–water partition coefficient (Wildman–Crippen LogP) is 3.33. The van der Waals surface area contributed by atoms with Crippen LogP contribution in [0.3, 0.4) is 0 Å². The molecule has 0 aliphatic carbocycles. The molecule has 0 saturated carbocycles. The average Bonchev–Trinajstić information content (AvgIpc) is 2.74. The zero-order valence-electron chi connectivity index (χ0n) is 15.1. The van der Waals surface area contributed by atoms with Crippen molar-refractivity contribution in [2.24, 2.45) is 0 Å². The zero-order chi connectivity index (χ0) is 18.6. The quantitative estimate of drug-likeness (QED) is 0.769. The van der Waals surface area contributed by atoms with E-state index in [-0.39, 0.29) is 12.1 Å². The molecule has 27 heavy (non-hydrogen) atoms. The molecule has 1 aliphatic heterocycles. The lowest BCUT2D eigenvalue weighted by molar-refractivity contribution is 0.113. The van der Waals surface area contributed by atoms with Gasteiger partial charge in [-0.25, -0.2) is 14.8 Å². The number of aromatic nitrogens is 3. The first kappa shape index (κ1) is 17.2. The van der Waals surface area contributed by atoms with E-state index in [2.05, 4.69) is 15.3 Å². The Morgan fingerprint density at radius 1 is 1.15 bits per heavy atom. The summed E-state index contributed by atoms with van der Waals surface area (Å²) in [6, 6.07) is 12.0. The number of anilines is 1. The molecular weight excluding hydrogens is 342 g/mol. The Labute approximate surface area is 157 Å². The fraction of sp³-hybridized carbons (Fsp3) is 0.300. The van der Waals surface area contributed by atoms with Gasteiger partial charge in [-0.2, -0.15) is 0 Å². The Balaban J connectivity index is 1.60. The largest absolute Gasteiger partial charge is 0.453 e. The maximum atomic E-state index is 11.7. The molecule has 1 aromatic carbocycles. The number of ether oxygens (including phenoxy) is 1. The van der Waals surface area contributed by atoms with Crippen molar-refractivity contribution in [1.82, 2.24) is 19.9 Å². The highest BCUT2D eigenvalue weighted by molar-refractivity contribution is 5.90. The molecule has 1 aliphatic rings. The summed E-state index contributed by atoms with van der Waals surface area (Å²) in [5, 5.41) is 4.55. The third-order valence-electron chi connectivity index (χ3n) is 4.79. The lowest BCUT2D eigenvalue weighted by Gasteiger charge is -2.31. The van der Waals surface area contributed by atoms with Gasteiger partial charge in [-0.05, 0) is 37.1 Å². The monoisotopic (exact) mass is 363 g/mol. The van der Waals surface area contributed by atoms with Crippen LogP contribution in [0.25, 0.3) is 22.3 Å². The maximum absolute atomic E-state index is 11.7. The van der Waals surface area contributed by atoms with Crippen molar-refractivity contribution in [3.63, 3.8) is 0 Å². The van der Waals surface area contributed by atoms with E-state index in [1.807, 2.05) is 36.4 Å². The number of para-hydroxylation sites is 1. The standard InChI is InChI=1S/C20H21N5O2/c1-27-20(26)25-11-8-15(9-12-25)22-19-16-6-2-3-7-17(16)23-18(24-19)14-5-4-10-21-13-14/h2-7,10,13,15H,8-9,11-12H2,1H3,(H,22,23,24). The van der Waals surface area contributed by atoms with Crippen molar-refractivity contribution >= 4 is 22.8 Å². The van der Waals surface area contributed by atoms with Gasteiger partial charge in [0.05, 0.1) is 12.6 Å². The molecule has 2 aromatic heterocycles. The number of carbonyl (C=O) groups is 1. The molecule has 3 heterocycles. The normalized spacial score (nSPS) is 14.9. The van der Waals surface area contributed by atoms with E-state index < -0.39 is 0 Å². The first-order chi connectivity index (χ1) is 13.2. The van der Waals surface area contributed by atoms with Crippen molar-refractivity contribution in [3.8, 4) is 11.4 Å². The number of piperidine rings is 1. The fourth-order valence-corrected chi connectivity index (χ4v) is 3.34. The van der Waals surface area contributed by atoms with Crippen molar-refractivity contribution < 1.29 is 9.53 Å². The number of benzene rings is 1. The summed E-state index contributed by atoms with van der Waals surface area (Å²) in [7, 11) is 1.42. The molecule has 3 aromatic rings. The van der Waals surface area contributed by atoms with Crippen molar-refractivity contribution in [1.29, 1.82) is 0 Å². The van der Waals surface area contributed by atoms with Gasteiger partial charge in [0, 0.05) is 42.5 Å². The molecule has 7 heteroatoms. The Morgan fingerprint density at radius 3 is 2.70 bits per heavy atom. The number of nitrogens with zero attached hydrogens (tertiary/aromatic N) is 4. The summed E-state index contributed by atoms with van der Waals surface area (Å²) in [5.41, 5.74) is 1.77.